The first kappa shape index (κ1) is 15.1. The zero-order valence-electron chi connectivity index (χ0n) is 10.5. The molecular weight excluding hydrogens is 256 g/mol. The number of nitrogens with one attached hydrogen (secondary N) is 1. The molecule has 0 fully saturated rings. The molecule has 1 unspecified atom stereocenters. The summed E-state index contributed by atoms with van der Waals surface area (Å²) in [6, 6.07) is 2.72. The molecule has 0 aliphatic carbocycles. The van der Waals surface area contributed by atoms with Gasteiger partial charge in [-0.25, -0.2) is 8.78 Å². The van der Waals surface area contributed by atoms with Crippen molar-refractivity contribution in [3.05, 3.63) is 35.4 Å². The minimum Gasteiger partial charge on any atom is -0.481 e. The first-order chi connectivity index (χ1) is 8.90. The third kappa shape index (κ3) is 5.03. The smallest absolute Gasteiger partial charge is 0.303 e. The average molecular weight is 271 g/mol. The lowest BCUT2D eigenvalue weighted by Gasteiger charge is -2.11. The monoisotopic (exact) mass is 271 g/mol. The molecule has 104 valence electrons. The van der Waals surface area contributed by atoms with E-state index in [1.807, 2.05) is 0 Å². The number of halogens is 2. The number of benzene rings is 1. The van der Waals surface area contributed by atoms with Gasteiger partial charge in [-0.15, -0.1) is 0 Å². The van der Waals surface area contributed by atoms with Crippen LogP contribution in [0, 0.1) is 17.6 Å². The molecule has 0 aromatic heterocycles. The van der Waals surface area contributed by atoms with E-state index in [-0.39, 0.29) is 24.4 Å². The van der Waals surface area contributed by atoms with Gasteiger partial charge < -0.3 is 10.4 Å². The van der Waals surface area contributed by atoms with Crippen molar-refractivity contribution in [2.45, 2.75) is 19.8 Å². The maximum atomic E-state index is 13.3. The maximum absolute atomic E-state index is 13.3. The summed E-state index contributed by atoms with van der Waals surface area (Å²) in [5.41, 5.74) is -0.230. The van der Waals surface area contributed by atoms with Gasteiger partial charge in [0.15, 0.2) is 0 Å². The number of hydrogen-bond donors (Lipinski definition) is 2. The molecule has 0 saturated heterocycles. The molecule has 1 aromatic rings. The predicted octanol–water partition coefficient (Wildman–Crippen LogP) is 2.20. The fraction of sp³-hybridized carbons (Fsp3) is 0.385. The molecule has 4 nitrogen and oxygen atoms in total. The summed E-state index contributed by atoms with van der Waals surface area (Å²) < 4.78 is 26.0. The summed E-state index contributed by atoms with van der Waals surface area (Å²) in [4.78, 5) is 22.0. The second-order valence-corrected chi connectivity index (χ2v) is 4.37. The number of carbonyl (C=O) groups is 2. The summed E-state index contributed by atoms with van der Waals surface area (Å²) >= 11 is 0. The standard InChI is InChI=1S/C13H15F2NO3/c1-8(2-5-12(17)18)7-16-13(19)10-4-3-9(14)6-11(10)15/h3-4,6,8H,2,5,7H2,1H3,(H,16,19)(H,17,18). The normalized spacial score (nSPS) is 11.9. The molecule has 0 aliphatic rings. The molecule has 2 N–H and O–H groups in total. The van der Waals surface area contributed by atoms with Crippen molar-refractivity contribution >= 4 is 11.9 Å². The van der Waals surface area contributed by atoms with Crippen molar-refractivity contribution in [2.75, 3.05) is 6.54 Å². The lowest BCUT2D eigenvalue weighted by molar-refractivity contribution is -0.137. The van der Waals surface area contributed by atoms with Gasteiger partial charge in [-0.3, -0.25) is 9.59 Å². The lowest BCUT2D eigenvalue weighted by atomic mass is 10.1. The van der Waals surface area contributed by atoms with Gasteiger partial charge in [-0.1, -0.05) is 6.92 Å². The Morgan fingerprint density at radius 1 is 1.37 bits per heavy atom. The van der Waals surface area contributed by atoms with Crippen LogP contribution in [0.25, 0.3) is 0 Å². The highest BCUT2D eigenvalue weighted by Crippen LogP contribution is 2.10. The number of carbonyl (C=O) groups excluding carboxylic acids is 1. The van der Waals surface area contributed by atoms with Crippen molar-refractivity contribution < 1.29 is 23.5 Å². The molecule has 0 spiro atoms. The highest BCUT2D eigenvalue weighted by atomic mass is 19.1. The van der Waals surface area contributed by atoms with E-state index in [4.69, 9.17) is 5.11 Å². The number of carboxylic acids is 1. The van der Waals surface area contributed by atoms with E-state index in [0.717, 1.165) is 12.1 Å². The van der Waals surface area contributed by atoms with Crippen LogP contribution in [0.5, 0.6) is 0 Å². The molecule has 1 amide bonds. The molecule has 0 aliphatic heterocycles. The zero-order valence-corrected chi connectivity index (χ0v) is 10.5. The topological polar surface area (TPSA) is 66.4 Å². The maximum Gasteiger partial charge on any atom is 0.303 e. The van der Waals surface area contributed by atoms with Gasteiger partial charge in [-0.05, 0) is 24.5 Å². The van der Waals surface area contributed by atoms with E-state index in [2.05, 4.69) is 5.32 Å². The average Bonchev–Trinajstić information content (AvgIpc) is 2.33. The summed E-state index contributed by atoms with van der Waals surface area (Å²) in [5, 5.41) is 11.0. The van der Waals surface area contributed by atoms with Crippen LogP contribution in [0.3, 0.4) is 0 Å². The molecule has 6 heteroatoms. The van der Waals surface area contributed by atoms with E-state index in [0.29, 0.717) is 12.5 Å². The van der Waals surface area contributed by atoms with E-state index < -0.39 is 23.5 Å². The van der Waals surface area contributed by atoms with Crippen LogP contribution in [0.4, 0.5) is 8.78 Å². The van der Waals surface area contributed by atoms with Crippen molar-refractivity contribution in [2.24, 2.45) is 5.92 Å². The molecule has 0 heterocycles. The van der Waals surface area contributed by atoms with Gasteiger partial charge in [0.2, 0.25) is 0 Å². The number of hydrogen-bond acceptors (Lipinski definition) is 2. The third-order valence-electron chi connectivity index (χ3n) is 2.64. The van der Waals surface area contributed by atoms with E-state index in [9.17, 15) is 18.4 Å². The fourth-order valence-electron chi connectivity index (χ4n) is 1.51. The Hall–Kier alpha value is -1.98. The Balaban J connectivity index is 2.49. The van der Waals surface area contributed by atoms with Gasteiger partial charge in [0.25, 0.3) is 5.91 Å². The first-order valence-corrected chi connectivity index (χ1v) is 5.85. The van der Waals surface area contributed by atoms with Crippen LogP contribution in [-0.2, 0) is 4.79 Å². The van der Waals surface area contributed by atoms with Crippen molar-refractivity contribution in [1.82, 2.24) is 5.32 Å². The highest BCUT2D eigenvalue weighted by Gasteiger charge is 2.13. The van der Waals surface area contributed by atoms with E-state index in [1.165, 1.54) is 0 Å². The molecule has 1 rings (SSSR count). The Morgan fingerprint density at radius 2 is 2.05 bits per heavy atom. The molecule has 0 saturated carbocycles. The van der Waals surface area contributed by atoms with Crippen molar-refractivity contribution in [1.29, 1.82) is 0 Å². The summed E-state index contributed by atoms with van der Waals surface area (Å²) in [6.45, 7) is 2.02. The van der Waals surface area contributed by atoms with Crippen LogP contribution in [-0.4, -0.2) is 23.5 Å². The van der Waals surface area contributed by atoms with Crippen molar-refractivity contribution in [3.8, 4) is 0 Å². The molecule has 0 bridgehead atoms. The number of carboxylic acid groups (broad SMARTS) is 1. The van der Waals surface area contributed by atoms with Crippen LogP contribution >= 0.6 is 0 Å². The number of amides is 1. The molecule has 19 heavy (non-hydrogen) atoms. The SMILES string of the molecule is CC(CCC(=O)O)CNC(=O)c1ccc(F)cc1F. The van der Waals surface area contributed by atoms with Crippen LogP contribution < -0.4 is 5.32 Å². The molecule has 1 atom stereocenters. The Bertz CT molecular complexity index is 477. The Labute approximate surface area is 109 Å². The van der Waals surface area contributed by atoms with E-state index in [1.54, 1.807) is 6.92 Å². The zero-order chi connectivity index (χ0) is 14.4. The van der Waals surface area contributed by atoms with Crippen molar-refractivity contribution in [3.63, 3.8) is 0 Å². The lowest BCUT2D eigenvalue weighted by Crippen LogP contribution is -2.29. The summed E-state index contributed by atoms with van der Waals surface area (Å²) in [5.74, 6) is -3.24. The number of aliphatic carboxylic acids is 1. The number of rotatable bonds is 6. The Morgan fingerprint density at radius 3 is 2.63 bits per heavy atom. The Kier molecular flexibility index (Phi) is 5.41. The third-order valence-corrected chi connectivity index (χ3v) is 2.64. The van der Waals surface area contributed by atoms with E-state index >= 15 is 0 Å². The van der Waals surface area contributed by atoms with Gasteiger partial charge in [-0.2, -0.15) is 0 Å². The molecule has 0 radical (unpaired) electrons. The van der Waals surface area contributed by atoms with Gasteiger partial charge in [0, 0.05) is 19.0 Å². The second kappa shape index (κ2) is 6.82. The van der Waals surface area contributed by atoms with Gasteiger partial charge in [0.1, 0.15) is 11.6 Å². The summed E-state index contributed by atoms with van der Waals surface area (Å²) in [7, 11) is 0. The predicted molar refractivity (Wildman–Crippen MR) is 64.7 cm³/mol. The van der Waals surface area contributed by atoms with Crippen LogP contribution in [0.2, 0.25) is 0 Å². The second-order valence-electron chi connectivity index (χ2n) is 4.37. The highest BCUT2D eigenvalue weighted by molar-refractivity contribution is 5.94. The van der Waals surface area contributed by atoms with Crippen LogP contribution in [0.1, 0.15) is 30.1 Å². The van der Waals surface area contributed by atoms with Gasteiger partial charge >= 0.3 is 5.97 Å². The fourth-order valence-corrected chi connectivity index (χ4v) is 1.51. The first-order valence-electron chi connectivity index (χ1n) is 5.85. The summed E-state index contributed by atoms with van der Waals surface area (Å²) in [6.07, 6.45) is 0.434. The molecular formula is C13H15F2NO3. The quantitative estimate of drug-likeness (QED) is 0.833. The van der Waals surface area contributed by atoms with Crippen LogP contribution in [0.15, 0.2) is 18.2 Å². The minimum atomic E-state index is -0.921. The minimum absolute atomic E-state index is 0.0158. The largest absolute Gasteiger partial charge is 0.481 e. The molecule has 1 aromatic carbocycles. The van der Waals surface area contributed by atoms with Gasteiger partial charge in [0.05, 0.1) is 5.56 Å².